The number of carbonyl (C=O) groups is 2. The van der Waals surface area contributed by atoms with E-state index in [1.54, 1.807) is 0 Å². The average Bonchev–Trinajstić information content (AvgIpc) is 3.15. The van der Waals surface area contributed by atoms with Gasteiger partial charge in [-0.3, -0.25) is 9.59 Å². The van der Waals surface area contributed by atoms with Crippen LogP contribution in [0.3, 0.4) is 0 Å². The van der Waals surface area contributed by atoms with Crippen molar-refractivity contribution in [2.45, 2.75) is 25.7 Å². The Morgan fingerprint density at radius 3 is 2.73 bits per heavy atom. The van der Waals surface area contributed by atoms with E-state index in [4.69, 9.17) is 0 Å². The number of fused-ring (bicyclic) bond motifs is 1. The van der Waals surface area contributed by atoms with Gasteiger partial charge in [0.15, 0.2) is 0 Å². The normalized spacial score (nSPS) is 20.1. The summed E-state index contributed by atoms with van der Waals surface area (Å²) in [6.07, 6.45) is 2.14. The van der Waals surface area contributed by atoms with E-state index in [1.807, 2.05) is 17.0 Å². The van der Waals surface area contributed by atoms with Gasteiger partial charge in [-0.2, -0.15) is 0 Å². The molecular weight excluding hydrogens is 278 g/mol. The summed E-state index contributed by atoms with van der Waals surface area (Å²) in [5.74, 6) is 0.382. The minimum absolute atomic E-state index is 0.0287. The molecule has 1 saturated heterocycles. The highest BCUT2D eigenvalue weighted by atomic mass is 16.2. The number of benzene rings is 1. The Labute approximate surface area is 131 Å². The molecule has 2 heterocycles. The van der Waals surface area contributed by atoms with Crippen molar-refractivity contribution < 1.29 is 9.59 Å². The monoisotopic (exact) mass is 301 g/mol. The van der Waals surface area contributed by atoms with Crippen LogP contribution in [-0.2, 0) is 9.59 Å². The van der Waals surface area contributed by atoms with Gasteiger partial charge in [0.25, 0.3) is 0 Å². The number of nitrogens with zero attached hydrogens (tertiary/aromatic N) is 2. The van der Waals surface area contributed by atoms with Crippen LogP contribution in [0.15, 0.2) is 24.3 Å². The van der Waals surface area contributed by atoms with Gasteiger partial charge in [0.2, 0.25) is 11.8 Å². The lowest BCUT2D eigenvalue weighted by atomic mass is 10.0. The van der Waals surface area contributed by atoms with Crippen LogP contribution < -0.4 is 10.2 Å². The van der Waals surface area contributed by atoms with Crippen molar-refractivity contribution in [3.63, 3.8) is 0 Å². The van der Waals surface area contributed by atoms with Crippen LogP contribution in [0, 0.1) is 0 Å². The quantitative estimate of drug-likeness (QED) is 0.913. The summed E-state index contributed by atoms with van der Waals surface area (Å²) >= 11 is 0. The molecular formula is C17H23N3O2. The van der Waals surface area contributed by atoms with Crippen molar-refractivity contribution in [2.24, 2.45) is 0 Å². The van der Waals surface area contributed by atoms with Crippen LogP contribution in [0.5, 0.6) is 0 Å². The van der Waals surface area contributed by atoms with Crippen LogP contribution in [0.1, 0.15) is 31.2 Å². The first-order valence-corrected chi connectivity index (χ1v) is 8.03. The summed E-state index contributed by atoms with van der Waals surface area (Å²) < 4.78 is 0. The molecule has 0 bridgehead atoms. The highest BCUT2D eigenvalue weighted by molar-refractivity contribution is 5.87. The first kappa shape index (κ1) is 14.9. The van der Waals surface area contributed by atoms with Crippen molar-refractivity contribution in [3.8, 4) is 0 Å². The molecule has 3 rings (SSSR count). The van der Waals surface area contributed by atoms with Crippen molar-refractivity contribution in [2.75, 3.05) is 37.6 Å². The van der Waals surface area contributed by atoms with E-state index in [-0.39, 0.29) is 18.4 Å². The molecule has 1 aromatic rings. The second-order valence-electron chi connectivity index (χ2n) is 6.21. The molecule has 1 aromatic carbocycles. The number of hydrogen-bond donors (Lipinski definition) is 1. The van der Waals surface area contributed by atoms with E-state index in [1.165, 1.54) is 5.56 Å². The summed E-state index contributed by atoms with van der Waals surface area (Å²) in [7, 11) is 0. The molecule has 0 spiro atoms. The third kappa shape index (κ3) is 3.08. The predicted octanol–water partition coefficient (Wildman–Crippen LogP) is 1.35. The van der Waals surface area contributed by atoms with Crippen molar-refractivity contribution in [1.29, 1.82) is 0 Å². The van der Waals surface area contributed by atoms with E-state index in [0.717, 1.165) is 38.2 Å². The van der Waals surface area contributed by atoms with Gasteiger partial charge in [0.05, 0.1) is 13.1 Å². The van der Waals surface area contributed by atoms with Gasteiger partial charge in [-0.25, -0.2) is 0 Å². The van der Waals surface area contributed by atoms with Crippen LogP contribution in [0.4, 0.5) is 5.69 Å². The van der Waals surface area contributed by atoms with Crippen LogP contribution in [-0.4, -0.2) is 49.4 Å². The third-order valence-electron chi connectivity index (χ3n) is 4.53. The van der Waals surface area contributed by atoms with Gasteiger partial charge in [-0.05, 0) is 24.5 Å². The van der Waals surface area contributed by atoms with E-state index in [0.29, 0.717) is 12.5 Å². The summed E-state index contributed by atoms with van der Waals surface area (Å²) in [6.45, 7) is 5.11. The minimum atomic E-state index is -0.0866. The molecule has 1 unspecified atom stereocenters. The molecule has 5 nitrogen and oxygen atoms in total. The lowest BCUT2D eigenvalue weighted by Crippen LogP contribution is -2.42. The Morgan fingerprint density at radius 1 is 1.23 bits per heavy atom. The molecule has 5 heteroatoms. The molecule has 118 valence electrons. The summed E-state index contributed by atoms with van der Waals surface area (Å²) in [4.78, 5) is 28.0. The predicted molar refractivity (Wildman–Crippen MR) is 85.9 cm³/mol. The zero-order valence-electron chi connectivity index (χ0n) is 13.0. The van der Waals surface area contributed by atoms with E-state index in [9.17, 15) is 9.59 Å². The summed E-state index contributed by atoms with van der Waals surface area (Å²) in [5, 5.41) is 2.76. The second kappa shape index (κ2) is 6.38. The number of nitrogens with one attached hydrogen (secondary N) is 1. The molecule has 0 radical (unpaired) electrons. The zero-order chi connectivity index (χ0) is 15.5. The van der Waals surface area contributed by atoms with Crippen molar-refractivity contribution in [1.82, 2.24) is 10.2 Å². The van der Waals surface area contributed by atoms with Crippen LogP contribution >= 0.6 is 0 Å². The standard InChI is InChI=1S/C17H23N3O2/c1-13-11-20(15-7-3-2-6-14(13)15)12-16(21)18-10-17(22)19-8-4-5-9-19/h2-3,6-7,13H,4-5,8-12H2,1H3,(H,18,21). The number of para-hydroxylation sites is 1. The Hall–Kier alpha value is -2.04. The molecule has 2 aliphatic rings. The average molecular weight is 301 g/mol. The number of amides is 2. The van der Waals surface area contributed by atoms with Crippen LogP contribution in [0.2, 0.25) is 0 Å². The number of anilines is 1. The highest BCUT2D eigenvalue weighted by Crippen LogP contribution is 2.35. The maximum Gasteiger partial charge on any atom is 0.241 e. The molecule has 2 aliphatic heterocycles. The van der Waals surface area contributed by atoms with Gasteiger partial charge in [-0.15, -0.1) is 0 Å². The molecule has 2 amide bonds. The minimum Gasteiger partial charge on any atom is -0.361 e. The molecule has 1 N–H and O–H groups in total. The Kier molecular flexibility index (Phi) is 4.32. The lowest BCUT2D eigenvalue weighted by molar-refractivity contribution is -0.131. The summed E-state index contributed by atoms with van der Waals surface area (Å²) in [5.41, 5.74) is 2.43. The number of likely N-dealkylation sites (tertiary alicyclic amines) is 1. The maximum absolute atomic E-state index is 12.1. The number of hydrogen-bond acceptors (Lipinski definition) is 3. The first-order chi connectivity index (χ1) is 10.6. The van der Waals surface area contributed by atoms with Gasteiger partial charge in [0.1, 0.15) is 0 Å². The van der Waals surface area contributed by atoms with E-state index >= 15 is 0 Å². The SMILES string of the molecule is CC1CN(CC(=O)NCC(=O)N2CCCC2)c2ccccc21. The second-order valence-corrected chi connectivity index (χ2v) is 6.21. The topological polar surface area (TPSA) is 52.7 Å². The molecule has 0 saturated carbocycles. The fourth-order valence-electron chi connectivity index (χ4n) is 3.35. The van der Waals surface area contributed by atoms with Gasteiger partial charge < -0.3 is 15.1 Å². The largest absolute Gasteiger partial charge is 0.361 e. The van der Waals surface area contributed by atoms with Gasteiger partial charge >= 0.3 is 0 Å². The zero-order valence-corrected chi connectivity index (χ0v) is 13.0. The van der Waals surface area contributed by atoms with E-state index in [2.05, 4.69) is 29.3 Å². The summed E-state index contributed by atoms with van der Waals surface area (Å²) in [6, 6.07) is 8.21. The smallest absolute Gasteiger partial charge is 0.241 e. The Balaban J connectivity index is 1.51. The first-order valence-electron chi connectivity index (χ1n) is 8.03. The molecule has 22 heavy (non-hydrogen) atoms. The molecule has 1 fully saturated rings. The van der Waals surface area contributed by atoms with Crippen molar-refractivity contribution >= 4 is 17.5 Å². The van der Waals surface area contributed by atoms with Gasteiger partial charge in [0, 0.05) is 31.2 Å². The Bertz CT molecular complexity index is 567. The number of carbonyl (C=O) groups excluding carboxylic acids is 2. The molecule has 0 aromatic heterocycles. The third-order valence-corrected chi connectivity index (χ3v) is 4.53. The number of rotatable bonds is 4. The highest BCUT2D eigenvalue weighted by Gasteiger charge is 2.26. The fourth-order valence-corrected chi connectivity index (χ4v) is 3.35. The molecule has 1 atom stereocenters. The van der Waals surface area contributed by atoms with Gasteiger partial charge in [-0.1, -0.05) is 25.1 Å². The fraction of sp³-hybridized carbons (Fsp3) is 0.529. The lowest BCUT2D eigenvalue weighted by Gasteiger charge is -2.20. The van der Waals surface area contributed by atoms with E-state index < -0.39 is 0 Å². The van der Waals surface area contributed by atoms with Crippen molar-refractivity contribution in [3.05, 3.63) is 29.8 Å². The van der Waals surface area contributed by atoms with Crippen LogP contribution in [0.25, 0.3) is 0 Å². The molecule has 0 aliphatic carbocycles. The Morgan fingerprint density at radius 2 is 1.95 bits per heavy atom. The maximum atomic E-state index is 12.1.